The maximum atomic E-state index is 12.1. The molecule has 1 aliphatic heterocycles. The number of nitrogens with zero attached hydrogens (tertiary/aromatic N) is 3. The summed E-state index contributed by atoms with van der Waals surface area (Å²) in [5.41, 5.74) is 1.36. The number of carbonyl (C=O) groups excluding carboxylic acids is 1. The number of anilines is 1. The Morgan fingerprint density at radius 3 is 2.86 bits per heavy atom. The summed E-state index contributed by atoms with van der Waals surface area (Å²) in [6.45, 7) is 6.04. The number of thiazole rings is 2. The van der Waals surface area contributed by atoms with Crippen LogP contribution in [0.25, 0.3) is 0 Å². The first kappa shape index (κ1) is 14.6. The van der Waals surface area contributed by atoms with Gasteiger partial charge in [-0.25, -0.2) is 9.97 Å². The van der Waals surface area contributed by atoms with Crippen LogP contribution in [0.1, 0.15) is 21.2 Å². The lowest BCUT2D eigenvalue weighted by Crippen LogP contribution is -2.35. The van der Waals surface area contributed by atoms with Crippen molar-refractivity contribution < 1.29 is 9.53 Å². The summed E-state index contributed by atoms with van der Waals surface area (Å²) in [6.07, 6.45) is 0. The Labute approximate surface area is 130 Å². The lowest BCUT2D eigenvalue weighted by Gasteiger charge is -2.25. The number of ether oxygens (including phenoxy) is 1. The summed E-state index contributed by atoms with van der Waals surface area (Å²) < 4.78 is 5.32. The molecule has 112 valence electrons. The third-order valence-electron chi connectivity index (χ3n) is 3.09. The fraction of sp³-hybridized carbons (Fsp3) is 0.462. The standard InChI is InChI=1S/C13H16N4O2S2/c1-9-7-21-13(14-9)16-12(18)10-8-20-11(15-10)6-17-2-4-19-5-3-17/h7-8H,2-6H2,1H3,(H,14,16,18). The summed E-state index contributed by atoms with van der Waals surface area (Å²) >= 11 is 2.93. The highest BCUT2D eigenvalue weighted by Gasteiger charge is 2.16. The molecule has 0 atom stereocenters. The zero-order valence-corrected chi connectivity index (χ0v) is 13.3. The average Bonchev–Trinajstić information content (AvgIpc) is 3.09. The molecule has 3 heterocycles. The fourth-order valence-electron chi connectivity index (χ4n) is 2.01. The largest absolute Gasteiger partial charge is 0.379 e. The summed E-state index contributed by atoms with van der Waals surface area (Å²) in [4.78, 5) is 23.0. The van der Waals surface area contributed by atoms with Gasteiger partial charge in [-0.15, -0.1) is 22.7 Å². The van der Waals surface area contributed by atoms with Crippen molar-refractivity contribution in [1.82, 2.24) is 14.9 Å². The van der Waals surface area contributed by atoms with Crippen molar-refractivity contribution in [1.29, 1.82) is 0 Å². The minimum Gasteiger partial charge on any atom is -0.379 e. The van der Waals surface area contributed by atoms with E-state index in [-0.39, 0.29) is 5.91 Å². The second-order valence-electron chi connectivity index (χ2n) is 4.76. The highest BCUT2D eigenvalue weighted by atomic mass is 32.1. The van der Waals surface area contributed by atoms with Gasteiger partial charge in [-0.1, -0.05) is 0 Å². The Kier molecular flexibility index (Phi) is 4.59. The zero-order chi connectivity index (χ0) is 14.7. The normalized spacial score (nSPS) is 16.0. The number of hydrogen-bond donors (Lipinski definition) is 1. The quantitative estimate of drug-likeness (QED) is 0.931. The van der Waals surface area contributed by atoms with Crippen molar-refractivity contribution in [2.45, 2.75) is 13.5 Å². The molecule has 1 amide bonds. The van der Waals surface area contributed by atoms with Crippen LogP contribution in [0.5, 0.6) is 0 Å². The molecule has 1 saturated heterocycles. The van der Waals surface area contributed by atoms with E-state index in [1.807, 2.05) is 12.3 Å². The number of carbonyl (C=O) groups is 1. The number of morpholine rings is 1. The molecular formula is C13H16N4O2S2. The maximum Gasteiger partial charge on any atom is 0.276 e. The van der Waals surface area contributed by atoms with Gasteiger partial charge in [0.1, 0.15) is 10.7 Å². The van der Waals surface area contributed by atoms with Crippen LogP contribution in [0.15, 0.2) is 10.8 Å². The highest BCUT2D eigenvalue weighted by molar-refractivity contribution is 7.14. The number of amides is 1. The number of hydrogen-bond acceptors (Lipinski definition) is 7. The van der Waals surface area contributed by atoms with E-state index >= 15 is 0 Å². The average molecular weight is 324 g/mol. The van der Waals surface area contributed by atoms with E-state index in [0.717, 1.165) is 43.5 Å². The summed E-state index contributed by atoms with van der Waals surface area (Å²) in [6, 6.07) is 0. The first-order valence-electron chi connectivity index (χ1n) is 6.69. The zero-order valence-electron chi connectivity index (χ0n) is 11.7. The molecule has 1 fully saturated rings. The predicted molar refractivity (Wildman–Crippen MR) is 83.0 cm³/mol. The Morgan fingerprint density at radius 1 is 1.33 bits per heavy atom. The third kappa shape index (κ3) is 3.85. The topological polar surface area (TPSA) is 67.4 Å². The Balaban J connectivity index is 1.59. The van der Waals surface area contributed by atoms with Crippen LogP contribution in [0, 0.1) is 6.92 Å². The van der Waals surface area contributed by atoms with Crippen LogP contribution in [0.3, 0.4) is 0 Å². The van der Waals surface area contributed by atoms with Gasteiger partial charge < -0.3 is 4.74 Å². The molecule has 8 heteroatoms. The lowest BCUT2D eigenvalue weighted by atomic mass is 10.4. The second-order valence-corrected chi connectivity index (χ2v) is 6.56. The van der Waals surface area contributed by atoms with Gasteiger partial charge in [0, 0.05) is 23.8 Å². The third-order valence-corrected chi connectivity index (χ3v) is 4.80. The minimum absolute atomic E-state index is 0.200. The number of aryl methyl sites for hydroxylation is 1. The molecule has 0 bridgehead atoms. The van der Waals surface area contributed by atoms with Crippen LogP contribution < -0.4 is 5.32 Å². The number of rotatable bonds is 4. The van der Waals surface area contributed by atoms with Gasteiger partial charge >= 0.3 is 0 Å². The molecule has 21 heavy (non-hydrogen) atoms. The van der Waals surface area contributed by atoms with Crippen LogP contribution in [-0.2, 0) is 11.3 Å². The lowest BCUT2D eigenvalue weighted by molar-refractivity contribution is 0.0341. The fourth-order valence-corrected chi connectivity index (χ4v) is 3.51. The van der Waals surface area contributed by atoms with E-state index in [2.05, 4.69) is 20.2 Å². The summed E-state index contributed by atoms with van der Waals surface area (Å²) in [5.74, 6) is -0.200. The van der Waals surface area contributed by atoms with E-state index < -0.39 is 0 Å². The van der Waals surface area contributed by atoms with Gasteiger partial charge in [-0.05, 0) is 6.92 Å². The van der Waals surface area contributed by atoms with E-state index in [4.69, 9.17) is 4.74 Å². The van der Waals surface area contributed by atoms with E-state index in [9.17, 15) is 4.79 Å². The molecule has 1 N–H and O–H groups in total. The molecule has 0 spiro atoms. The predicted octanol–water partition coefficient (Wildman–Crippen LogP) is 1.99. The SMILES string of the molecule is Cc1csc(NC(=O)c2csc(CN3CCOCC3)n2)n1. The van der Waals surface area contributed by atoms with Gasteiger partial charge in [-0.3, -0.25) is 15.0 Å². The van der Waals surface area contributed by atoms with Gasteiger partial charge in [-0.2, -0.15) is 0 Å². The smallest absolute Gasteiger partial charge is 0.276 e. The monoisotopic (exact) mass is 324 g/mol. The molecule has 2 aromatic heterocycles. The summed E-state index contributed by atoms with van der Waals surface area (Å²) in [7, 11) is 0. The molecule has 0 unspecified atom stereocenters. The van der Waals surface area contributed by atoms with Crippen LogP contribution >= 0.6 is 22.7 Å². The van der Waals surface area contributed by atoms with E-state index in [1.165, 1.54) is 22.7 Å². The first-order chi connectivity index (χ1) is 10.2. The molecule has 3 rings (SSSR count). The van der Waals surface area contributed by atoms with Crippen molar-refractivity contribution in [2.24, 2.45) is 0 Å². The van der Waals surface area contributed by atoms with Gasteiger partial charge in [0.2, 0.25) is 0 Å². The van der Waals surface area contributed by atoms with Crippen molar-refractivity contribution >= 4 is 33.7 Å². The van der Waals surface area contributed by atoms with Crippen LogP contribution in [-0.4, -0.2) is 47.1 Å². The number of aromatic nitrogens is 2. The van der Waals surface area contributed by atoms with Gasteiger partial charge in [0.25, 0.3) is 5.91 Å². The van der Waals surface area contributed by atoms with Crippen molar-refractivity contribution in [3.05, 3.63) is 27.2 Å². The molecule has 6 nitrogen and oxygen atoms in total. The Morgan fingerprint density at radius 2 is 2.14 bits per heavy atom. The van der Waals surface area contributed by atoms with Crippen molar-refractivity contribution in [3.8, 4) is 0 Å². The number of nitrogens with one attached hydrogen (secondary N) is 1. The Bertz CT molecular complexity index is 619. The summed E-state index contributed by atoms with van der Waals surface area (Å²) in [5, 5.41) is 8.04. The molecule has 0 aromatic carbocycles. The van der Waals surface area contributed by atoms with Crippen LogP contribution in [0.2, 0.25) is 0 Å². The van der Waals surface area contributed by atoms with E-state index in [0.29, 0.717) is 10.8 Å². The molecule has 0 radical (unpaired) electrons. The molecule has 0 saturated carbocycles. The maximum absolute atomic E-state index is 12.1. The first-order valence-corrected chi connectivity index (χ1v) is 8.44. The minimum atomic E-state index is -0.200. The van der Waals surface area contributed by atoms with Crippen molar-refractivity contribution in [3.63, 3.8) is 0 Å². The van der Waals surface area contributed by atoms with E-state index in [1.54, 1.807) is 5.38 Å². The second kappa shape index (κ2) is 6.61. The van der Waals surface area contributed by atoms with Crippen LogP contribution in [0.4, 0.5) is 5.13 Å². The Hall–Kier alpha value is -1.35. The molecule has 0 aliphatic carbocycles. The van der Waals surface area contributed by atoms with Crippen molar-refractivity contribution in [2.75, 3.05) is 31.6 Å². The highest BCUT2D eigenvalue weighted by Crippen LogP contribution is 2.17. The molecular weight excluding hydrogens is 308 g/mol. The molecule has 1 aliphatic rings. The van der Waals surface area contributed by atoms with Gasteiger partial charge in [0.05, 0.1) is 25.5 Å². The molecule has 2 aromatic rings. The van der Waals surface area contributed by atoms with Gasteiger partial charge in [0.15, 0.2) is 5.13 Å².